The van der Waals surface area contributed by atoms with Crippen molar-refractivity contribution >= 4 is 21.6 Å². The maximum Gasteiger partial charge on any atom is 0.143 e. The van der Waals surface area contributed by atoms with Crippen LogP contribution in [0.3, 0.4) is 0 Å². The van der Waals surface area contributed by atoms with Crippen LogP contribution in [-0.4, -0.2) is 6.61 Å². The molecule has 2 aliphatic rings. The van der Waals surface area contributed by atoms with E-state index in [1.165, 1.54) is 36.0 Å². The van der Waals surface area contributed by atoms with Gasteiger partial charge in [-0.25, -0.2) is 0 Å². The standard InChI is InChI=1S/C17H16BrNO/c18-14-6-7-15-17(9-14)20-10-16(19-15)13-5-4-11-2-1-3-12(11)8-13/h4-9,16,19H,1-3,10H2. The van der Waals surface area contributed by atoms with Crippen LogP contribution < -0.4 is 10.1 Å². The van der Waals surface area contributed by atoms with Crippen LogP contribution in [0, 0.1) is 0 Å². The molecule has 0 aromatic heterocycles. The van der Waals surface area contributed by atoms with E-state index < -0.39 is 0 Å². The van der Waals surface area contributed by atoms with Crippen molar-refractivity contribution < 1.29 is 4.74 Å². The summed E-state index contributed by atoms with van der Waals surface area (Å²) >= 11 is 3.48. The van der Waals surface area contributed by atoms with Crippen LogP contribution in [0.1, 0.15) is 29.2 Å². The van der Waals surface area contributed by atoms with E-state index in [2.05, 4.69) is 45.5 Å². The van der Waals surface area contributed by atoms with Crippen molar-refractivity contribution in [3.63, 3.8) is 0 Å². The number of aryl methyl sites for hydroxylation is 2. The Labute approximate surface area is 127 Å². The number of hydrogen-bond donors (Lipinski definition) is 1. The third kappa shape index (κ3) is 2.10. The lowest BCUT2D eigenvalue weighted by Gasteiger charge is -2.28. The summed E-state index contributed by atoms with van der Waals surface area (Å²) in [6.45, 7) is 0.683. The number of ether oxygens (including phenoxy) is 1. The molecule has 0 saturated heterocycles. The molecule has 1 unspecified atom stereocenters. The molecule has 0 fully saturated rings. The van der Waals surface area contributed by atoms with Gasteiger partial charge in [0, 0.05) is 4.47 Å². The lowest BCUT2D eigenvalue weighted by molar-refractivity contribution is 0.286. The molecule has 102 valence electrons. The summed E-state index contributed by atoms with van der Waals surface area (Å²) in [5.74, 6) is 0.928. The molecule has 1 aliphatic heterocycles. The molecule has 0 amide bonds. The molecule has 2 aromatic rings. The summed E-state index contributed by atoms with van der Waals surface area (Å²) in [7, 11) is 0. The highest BCUT2D eigenvalue weighted by Gasteiger charge is 2.22. The summed E-state index contributed by atoms with van der Waals surface area (Å²) < 4.78 is 6.95. The average molecular weight is 330 g/mol. The van der Waals surface area contributed by atoms with Crippen LogP contribution in [-0.2, 0) is 12.8 Å². The monoisotopic (exact) mass is 329 g/mol. The highest BCUT2D eigenvalue weighted by molar-refractivity contribution is 9.10. The van der Waals surface area contributed by atoms with E-state index in [0.29, 0.717) is 6.61 Å². The lowest BCUT2D eigenvalue weighted by Crippen LogP contribution is -2.24. The van der Waals surface area contributed by atoms with Gasteiger partial charge in [-0.15, -0.1) is 0 Å². The summed E-state index contributed by atoms with van der Waals surface area (Å²) in [5.41, 5.74) is 5.45. The van der Waals surface area contributed by atoms with E-state index in [4.69, 9.17) is 4.74 Å². The first-order valence-electron chi connectivity index (χ1n) is 7.10. The van der Waals surface area contributed by atoms with Crippen molar-refractivity contribution in [1.82, 2.24) is 0 Å². The third-order valence-electron chi connectivity index (χ3n) is 4.20. The number of anilines is 1. The molecule has 1 heterocycles. The van der Waals surface area contributed by atoms with Gasteiger partial charge in [-0.2, -0.15) is 0 Å². The van der Waals surface area contributed by atoms with Gasteiger partial charge in [-0.1, -0.05) is 34.1 Å². The van der Waals surface area contributed by atoms with E-state index in [1.54, 1.807) is 0 Å². The summed E-state index contributed by atoms with van der Waals surface area (Å²) in [4.78, 5) is 0. The van der Waals surface area contributed by atoms with Crippen LogP contribution in [0.4, 0.5) is 5.69 Å². The Balaban J connectivity index is 1.63. The van der Waals surface area contributed by atoms with Gasteiger partial charge in [0.2, 0.25) is 0 Å². The van der Waals surface area contributed by atoms with Crippen molar-refractivity contribution in [2.45, 2.75) is 25.3 Å². The fourth-order valence-corrected chi connectivity index (χ4v) is 3.47. The smallest absolute Gasteiger partial charge is 0.143 e. The Kier molecular flexibility index (Phi) is 2.95. The molecule has 0 radical (unpaired) electrons. The third-order valence-corrected chi connectivity index (χ3v) is 4.70. The molecule has 0 saturated carbocycles. The maximum atomic E-state index is 5.90. The normalized spacial score (nSPS) is 19.8. The number of halogens is 1. The molecular weight excluding hydrogens is 314 g/mol. The second-order valence-corrected chi connectivity index (χ2v) is 6.45. The first-order chi connectivity index (χ1) is 9.79. The van der Waals surface area contributed by atoms with E-state index in [1.807, 2.05) is 12.1 Å². The van der Waals surface area contributed by atoms with Crippen LogP contribution in [0.2, 0.25) is 0 Å². The molecule has 1 N–H and O–H groups in total. The van der Waals surface area contributed by atoms with Gasteiger partial charge >= 0.3 is 0 Å². The number of rotatable bonds is 1. The zero-order valence-electron chi connectivity index (χ0n) is 11.2. The Morgan fingerprint density at radius 3 is 2.90 bits per heavy atom. The number of nitrogens with one attached hydrogen (secondary N) is 1. The van der Waals surface area contributed by atoms with E-state index in [-0.39, 0.29) is 6.04 Å². The van der Waals surface area contributed by atoms with Crippen molar-refractivity contribution in [1.29, 1.82) is 0 Å². The fraction of sp³-hybridized carbons (Fsp3) is 0.294. The molecule has 0 spiro atoms. The molecule has 1 aliphatic carbocycles. The van der Waals surface area contributed by atoms with Crippen LogP contribution in [0.25, 0.3) is 0 Å². The first-order valence-corrected chi connectivity index (χ1v) is 7.89. The number of benzene rings is 2. The van der Waals surface area contributed by atoms with Gasteiger partial charge in [-0.3, -0.25) is 0 Å². The topological polar surface area (TPSA) is 21.3 Å². The largest absolute Gasteiger partial charge is 0.489 e. The van der Waals surface area contributed by atoms with E-state index >= 15 is 0 Å². The number of fused-ring (bicyclic) bond motifs is 2. The summed E-state index contributed by atoms with van der Waals surface area (Å²) in [5, 5.41) is 3.59. The molecular formula is C17H16BrNO. The Morgan fingerprint density at radius 2 is 1.95 bits per heavy atom. The maximum absolute atomic E-state index is 5.90. The van der Waals surface area contributed by atoms with E-state index in [0.717, 1.165) is 15.9 Å². The highest BCUT2D eigenvalue weighted by atomic mass is 79.9. The van der Waals surface area contributed by atoms with Crippen molar-refractivity contribution in [3.8, 4) is 5.75 Å². The quantitative estimate of drug-likeness (QED) is 0.832. The zero-order valence-corrected chi connectivity index (χ0v) is 12.7. The Hall–Kier alpha value is -1.48. The van der Waals surface area contributed by atoms with Gasteiger partial charge in [0.15, 0.2) is 0 Å². The van der Waals surface area contributed by atoms with Gasteiger partial charge in [0.05, 0.1) is 11.7 Å². The lowest BCUT2D eigenvalue weighted by atomic mass is 10.0. The molecule has 2 aromatic carbocycles. The minimum atomic E-state index is 0.245. The molecule has 3 heteroatoms. The predicted molar refractivity (Wildman–Crippen MR) is 84.5 cm³/mol. The minimum Gasteiger partial charge on any atom is -0.489 e. The second-order valence-electron chi connectivity index (χ2n) is 5.53. The van der Waals surface area contributed by atoms with Gasteiger partial charge in [0.1, 0.15) is 12.4 Å². The molecule has 2 nitrogen and oxygen atoms in total. The second kappa shape index (κ2) is 4.81. The van der Waals surface area contributed by atoms with E-state index in [9.17, 15) is 0 Å². The molecule has 1 atom stereocenters. The molecule has 20 heavy (non-hydrogen) atoms. The zero-order chi connectivity index (χ0) is 13.5. The van der Waals surface area contributed by atoms with Gasteiger partial charge in [0.25, 0.3) is 0 Å². The average Bonchev–Trinajstić information content (AvgIpc) is 2.94. The van der Waals surface area contributed by atoms with Crippen molar-refractivity contribution in [2.75, 3.05) is 11.9 Å². The first kappa shape index (κ1) is 12.3. The Morgan fingerprint density at radius 1 is 1.05 bits per heavy atom. The Bertz CT molecular complexity index is 668. The molecule has 4 rings (SSSR count). The fourth-order valence-electron chi connectivity index (χ4n) is 3.13. The SMILES string of the molecule is Brc1ccc2c(c1)OCC(c1ccc3c(c1)CCC3)N2. The van der Waals surface area contributed by atoms with Gasteiger partial charge in [-0.05, 0) is 54.2 Å². The number of hydrogen-bond acceptors (Lipinski definition) is 2. The molecule has 0 bridgehead atoms. The van der Waals surface area contributed by atoms with Crippen LogP contribution in [0.15, 0.2) is 40.9 Å². The highest BCUT2D eigenvalue weighted by Crippen LogP contribution is 2.36. The van der Waals surface area contributed by atoms with Crippen LogP contribution in [0.5, 0.6) is 5.75 Å². The predicted octanol–water partition coefficient (Wildman–Crippen LogP) is 4.48. The summed E-state index contributed by atoms with van der Waals surface area (Å²) in [6.07, 6.45) is 3.76. The van der Waals surface area contributed by atoms with Crippen molar-refractivity contribution in [2.24, 2.45) is 0 Å². The minimum absolute atomic E-state index is 0.245. The van der Waals surface area contributed by atoms with Gasteiger partial charge < -0.3 is 10.1 Å². The van der Waals surface area contributed by atoms with Crippen LogP contribution >= 0.6 is 15.9 Å². The summed E-state index contributed by atoms with van der Waals surface area (Å²) in [6, 6.07) is 13.3. The van der Waals surface area contributed by atoms with Crippen molar-refractivity contribution in [3.05, 3.63) is 57.6 Å².